The quantitative estimate of drug-likeness (QED) is 0.888. The Balaban J connectivity index is 1.88. The van der Waals surface area contributed by atoms with E-state index in [1.54, 1.807) is 6.07 Å². The zero-order valence-corrected chi connectivity index (χ0v) is 16.0. The summed E-state index contributed by atoms with van der Waals surface area (Å²) in [7, 11) is 0. The number of rotatable bonds is 3. The first-order valence-electron chi connectivity index (χ1n) is 9.14. The lowest BCUT2D eigenvalue weighted by Crippen LogP contribution is -2.54. The van der Waals surface area contributed by atoms with Crippen LogP contribution in [-0.4, -0.2) is 27.5 Å². The zero-order chi connectivity index (χ0) is 18.9. The van der Waals surface area contributed by atoms with E-state index >= 15 is 0 Å². The third-order valence-electron chi connectivity index (χ3n) is 4.79. The maximum atomic E-state index is 13.0. The van der Waals surface area contributed by atoms with Gasteiger partial charge < -0.3 is 10.4 Å². The van der Waals surface area contributed by atoms with E-state index in [4.69, 9.17) is 0 Å². The maximum Gasteiger partial charge on any atom is 0.238 e. The van der Waals surface area contributed by atoms with Crippen molar-refractivity contribution in [3.05, 3.63) is 64.7 Å². The minimum Gasteiger partial charge on any atom is -0.508 e. The largest absolute Gasteiger partial charge is 0.508 e. The van der Waals surface area contributed by atoms with Gasteiger partial charge in [-0.2, -0.15) is 0 Å². The number of nitrogens with zero attached hydrogens (tertiary/aromatic N) is 1. The minimum atomic E-state index is -0.255. The number of carbonyl (C=O) groups excluding carboxylic acids is 1. The van der Waals surface area contributed by atoms with Crippen LogP contribution in [0.4, 0.5) is 0 Å². The summed E-state index contributed by atoms with van der Waals surface area (Å²) in [6.45, 7) is 9.35. The van der Waals surface area contributed by atoms with E-state index in [9.17, 15) is 9.90 Å². The van der Waals surface area contributed by atoms with Gasteiger partial charge in [0.25, 0.3) is 0 Å². The van der Waals surface area contributed by atoms with E-state index in [1.807, 2.05) is 45.9 Å². The molecular weight excluding hydrogens is 324 g/mol. The van der Waals surface area contributed by atoms with Crippen molar-refractivity contribution in [2.75, 3.05) is 0 Å². The van der Waals surface area contributed by atoms with Crippen molar-refractivity contribution >= 4 is 5.91 Å². The van der Waals surface area contributed by atoms with Crippen molar-refractivity contribution in [2.24, 2.45) is 0 Å². The SMILES string of the molecule is Cc1cc(CN2Cc3ccccc3C[C@H]2C(=O)NC(C)(C)C)ccc1O. The Morgan fingerprint density at radius 1 is 1.19 bits per heavy atom. The molecule has 2 N–H and O–H groups in total. The number of phenols is 1. The number of nitrogens with one attached hydrogen (secondary N) is 1. The minimum absolute atomic E-state index is 0.0718. The van der Waals surface area contributed by atoms with Crippen molar-refractivity contribution in [2.45, 2.75) is 58.8 Å². The monoisotopic (exact) mass is 352 g/mol. The number of aromatic hydroxyl groups is 1. The van der Waals surface area contributed by atoms with Crippen molar-refractivity contribution in [3.63, 3.8) is 0 Å². The number of benzene rings is 2. The van der Waals surface area contributed by atoms with Crippen LogP contribution in [0.1, 0.15) is 43.0 Å². The smallest absolute Gasteiger partial charge is 0.238 e. The van der Waals surface area contributed by atoms with E-state index < -0.39 is 0 Å². The summed E-state index contributed by atoms with van der Waals surface area (Å²) in [5.41, 5.74) is 4.24. The average Bonchev–Trinajstić information content (AvgIpc) is 2.56. The first-order valence-corrected chi connectivity index (χ1v) is 9.14. The number of aryl methyl sites for hydroxylation is 1. The molecule has 4 heteroatoms. The van der Waals surface area contributed by atoms with Crippen molar-refractivity contribution in [1.82, 2.24) is 10.2 Å². The lowest BCUT2D eigenvalue weighted by molar-refractivity contribution is -0.128. The van der Waals surface area contributed by atoms with Gasteiger partial charge in [0.2, 0.25) is 5.91 Å². The van der Waals surface area contributed by atoms with Gasteiger partial charge in [-0.25, -0.2) is 0 Å². The van der Waals surface area contributed by atoms with Crippen LogP contribution < -0.4 is 5.32 Å². The lowest BCUT2D eigenvalue weighted by Gasteiger charge is -2.37. The second kappa shape index (κ2) is 7.12. The maximum absolute atomic E-state index is 13.0. The molecule has 1 atom stereocenters. The molecule has 138 valence electrons. The predicted octanol–water partition coefficient (Wildman–Crippen LogP) is 3.54. The Morgan fingerprint density at radius 2 is 1.88 bits per heavy atom. The number of hydrogen-bond acceptors (Lipinski definition) is 3. The van der Waals surface area contributed by atoms with Gasteiger partial charge in [0.05, 0.1) is 6.04 Å². The zero-order valence-electron chi connectivity index (χ0n) is 16.0. The summed E-state index contributed by atoms with van der Waals surface area (Å²) in [6, 6.07) is 13.8. The molecule has 0 aliphatic carbocycles. The summed E-state index contributed by atoms with van der Waals surface area (Å²) in [5, 5.41) is 12.9. The van der Waals surface area contributed by atoms with Gasteiger partial charge in [-0.15, -0.1) is 0 Å². The Kier molecular flexibility index (Phi) is 5.05. The van der Waals surface area contributed by atoms with Crippen LogP contribution in [0, 0.1) is 6.92 Å². The highest BCUT2D eigenvalue weighted by molar-refractivity contribution is 5.83. The Bertz CT molecular complexity index is 808. The number of amides is 1. The standard InChI is InChI=1S/C22H28N2O2/c1-15-11-16(9-10-20(15)25)13-24-14-18-8-6-5-7-17(18)12-19(24)21(26)23-22(2,3)4/h5-11,19,25H,12-14H2,1-4H3,(H,23,26)/t19-/m0/s1. The van der Waals surface area contributed by atoms with Gasteiger partial charge in [0, 0.05) is 18.6 Å². The fourth-order valence-electron chi connectivity index (χ4n) is 3.51. The van der Waals surface area contributed by atoms with E-state index in [-0.39, 0.29) is 17.5 Å². The molecule has 0 saturated heterocycles. The van der Waals surface area contributed by atoms with Gasteiger partial charge in [-0.05, 0) is 62.4 Å². The third-order valence-corrected chi connectivity index (χ3v) is 4.79. The van der Waals surface area contributed by atoms with Crippen molar-refractivity contribution < 1.29 is 9.90 Å². The van der Waals surface area contributed by atoms with E-state index in [1.165, 1.54) is 11.1 Å². The molecule has 1 aliphatic rings. The average molecular weight is 352 g/mol. The van der Waals surface area contributed by atoms with Crippen LogP contribution in [0.25, 0.3) is 0 Å². The number of fused-ring (bicyclic) bond motifs is 1. The first-order chi connectivity index (χ1) is 12.2. The van der Waals surface area contributed by atoms with Crippen LogP contribution in [0.2, 0.25) is 0 Å². The lowest BCUT2D eigenvalue weighted by atomic mass is 9.92. The highest BCUT2D eigenvalue weighted by Crippen LogP contribution is 2.26. The van der Waals surface area contributed by atoms with Gasteiger partial charge in [0.1, 0.15) is 5.75 Å². The van der Waals surface area contributed by atoms with Crippen molar-refractivity contribution in [1.29, 1.82) is 0 Å². The molecule has 2 aromatic rings. The molecule has 0 unspecified atom stereocenters. The first kappa shape index (κ1) is 18.5. The molecule has 0 fully saturated rings. The summed E-state index contributed by atoms with van der Waals surface area (Å²) in [5.74, 6) is 0.377. The van der Waals surface area contributed by atoms with E-state index in [2.05, 4.69) is 28.4 Å². The molecule has 1 amide bonds. The third kappa shape index (κ3) is 4.25. The number of phenolic OH excluding ortho intramolecular Hbond substituents is 1. The Labute approximate surface area is 155 Å². The molecule has 0 aromatic heterocycles. The van der Waals surface area contributed by atoms with Gasteiger partial charge in [-0.3, -0.25) is 9.69 Å². The van der Waals surface area contributed by atoms with Gasteiger partial charge in [-0.1, -0.05) is 36.4 Å². The fraction of sp³-hybridized carbons (Fsp3) is 0.409. The summed E-state index contributed by atoms with van der Waals surface area (Å²) >= 11 is 0. The highest BCUT2D eigenvalue weighted by Gasteiger charge is 2.33. The van der Waals surface area contributed by atoms with Crippen LogP contribution in [0.3, 0.4) is 0 Å². The van der Waals surface area contributed by atoms with Crippen LogP contribution in [-0.2, 0) is 24.3 Å². The van der Waals surface area contributed by atoms with Crippen molar-refractivity contribution in [3.8, 4) is 5.75 Å². The van der Waals surface area contributed by atoms with Crippen LogP contribution in [0.15, 0.2) is 42.5 Å². The Morgan fingerprint density at radius 3 is 2.54 bits per heavy atom. The van der Waals surface area contributed by atoms with E-state index in [0.717, 1.165) is 24.1 Å². The molecule has 4 nitrogen and oxygen atoms in total. The molecule has 26 heavy (non-hydrogen) atoms. The predicted molar refractivity (Wildman–Crippen MR) is 104 cm³/mol. The molecule has 1 heterocycles. The summed E-state index contributed by atoms with van der Waals surface area (Å²) in [6.07, 6.45) is 0.717. The second-order valence-corrected chi connectivity index (χ2v) is 8.25. The molecule has 3 rings (SSSR count). The highest BCUT2D eigenvalue weighted by atomic mass is 16.3. The Hall–Kier alpha value is -2.33. The number of carbonyl (C=O) groups is 1. The summed E-state index contributed by atoms with van der Waals surface area (Å²) in [4.78, 5) is 15.2. The molecule has 0 spiro atoms. The topological polar surface area (TPSA) is 52.6 Å². The van der Waals surface area contributed by atoms with Crippen LogP contribution >= 0.6 is 0 Å². The number of hydrogen-bond donors (Lipinski definition) is 2. The van der Waals surface area contributed by atoms with E-state index in [0.29, 0.717) is 12.3 Å². The normalized spacial score (nSPS) is 17.6. The van der Waals surface area contributed by atoms with Gasteiger partial charge >= 0.3 is 0 Å². The molecule has 1 aliphatic heterocycles. The van der Waals surface area contributed by atoms with Gasteiger partial charge in [0.15, 0.2) is 0 Å². The molecule has 0 radical (unpaired) electrons. The molecular formula is C22H28N2O2. The fourth-order valence-corrected chi connectivity index (χ4v) is 3.51. The molecule has 2 aromatic carbocycles. The second-order valence-electron chi connectivity index (χ2n) is 8.25. The summed E-state index contributed by atoms with van der Waals surface area (Å²) < 4.78 is 0. The molecule has 0 bridgehead atoms. The van der Waals surface area contributed by atoms with Crippen LogP contribution in [0.5, 0.6) is 5.75 Å². The molecule has 0 saturated carbocycles.